The maximum Gasteiger partial charge on any atom is 0.237 e. The number of fused-ring (bicyclic) bond motifs is 1. The zero-order valence-electron chi connectivity index (χ0n) is 28.7. The van der Waals surface area contributed by atoms with Crippen molar-refractivity contribution in [1.82, 2.24) is 29.5 Å². The second kappa shape index (κ2) is 12.9. The molecule has 1 atom stereocenters. The molecule has 49 heavy (non-hydrogen) atoms. The van der Waals surface area contributed by atoms with Crippen LogP contribution in [-0.2, 0) is 18.4 Å². The van der Waals surface area contributed by atoms with E-state index in [1.165, 1.54) is 28.0 Å². The maximum atomic E-state index is 13.4. The zero-order chi connectivity index (χ0) is 33.5. The van der Waals surface area contributed by atoms with Gasteiger partial charge in [0.05, 0.1) is 24.9 Å². The fourth-order valence-electron chi connectivity index (χ4n) is 7.85. The standard InChI is InChI=1S/C39H44N8O2/c1-27(2)49-35-11-9-32(22-40-35)37-34-20-33(10-8-31(34)21-41-37)47-19-15-39(25-47)14-18-45(24-39)23-36(48)46-16-12-29(13-17-46)28-4-6-30(7-5-28)38-42-26-44(3)43-38/h4-12,20,22,26-27H,13-19,21,23-25H2,1-3H3/t39-/m1/s1. The Morgan fingerprint density at radius 2 is 1.76 bits per heavy atom. The van der Waals surface area contributed by atoms with Gasteiger partial charge in [0.2, 0.25) is 11.8 Å². The van der Waals surface area contributed by atoms with Crippen molar-refractivity contribution in [2.75, 3.05) is 50.7 Å². The van der Waals surface area contributed by atoms with E-state index in [-0.39, 0.29) is 17.4 Å². The largest absolute Gasteiger partial charge is 0.475 e. The molecule has 6 heterocycles. The van der Waals surface area contributed by atoms with Gasteiger partial charge < -0.3 is 14.5 Å². The van der Waals surface area contributed by atoms with Gasteiger partial charge in [0, 0.05) is 79.8 Å². The molecule has 1 amide bonds. The molecule has 8 rings (SSSR count). The zero-order valence-corrected chi connectivity index (χ0v) is 28.7. The molecule has 4 aromatic rings. The van der Waals surface area contributed by atoms with Crippen molar-refractivity contribution in [2.45, 2.75) is 45.8 Å². The lowest BCUT2D eigenvalue weighted by Crippen LogP contribution is -2.42. The Bertz CT molecular complexity index is 1910. The highest BCUT2D eigenvalue weighted by Gasteiger charge is 2.44. The van der Waals surface area contributed by atoms with E-state index in [4.69, 9.17) is 9.73 Å². The molecular weight excluding hydrogens is 612 g/mol. The van der Waals surface area contributed by atoms with E-state index in [1.54, 1.807) is 11.0 Å². The summed E-state index contributed by atoms with van der Waals surface area (Å²) in [5.74, 6) is 1.61. The lowest BCUT2D eigenvalue weighted by Gasteiger charge is -2.29. The monoisotopic (exact) mass is 656 g/mol. The number of ether oxygens (including phenoxy) is 1. The summed E-state index contributed by atoms with van der Waals surface area (Å²) in [5, 5.41) is 4.40. The Morgan fingerprint density at radius 1 is 0.939 bits per heavy atom. The Morgan fingerprint density at radius 3 is 2.49 bits per heavy atom. The normalized spacial score (nSPS) is 20.7. The number of carbonyl (C=O) groups excluding carboxylic acids is 1. The van der Waals surface area contributed by atoms with Crippen LogP contribution in [0.3, 0.4) is 0 Å². The summed E-state index contributed by atoms with van der Waals surface area (Å²) in [6.45, 7) is 10.7. The Hall–Kier alpha value is -4.83. The van der Waals surface area contributed by atoms with Gasteiger partial charge >= 0.3 is 0 Å². The predicted molar refractivity (Wildman–Crippen MR) is 192 cm³/mol. The molecule has 10 heteroatoms. The molecular formula is C39H44N8O2. The van der Waals surface area contributed by atoms with Crippen molar-refractivity contribution in [3.8, 4) is 17.3 Å². The molecule has 0 N–H and O–H groups in total. The van der Waals surface area contributed by atoms with Gasteiger partial charge in [0.25, 0.3) is 0 Å². The van der Waals surface area contributed by atoms with E-state index < -0.39 is 0 Å². The number of likely N-dealkylation sites (tertiary alicyclic amines) is 1. The number of anilines is 1. The number of aliphatic imine (C=N–C) groups is 1. The summed E-state index contributed by atoms with van der Waals surface area (Å²) in [7, 11) is 1.88. The molecule has 1 spiro atoms. The van der Waals surface area contributed by atoms with Crippen LogP contribution in [0.1, 0.15) is 55.4 Å². The highest BCUT2D eigenvalue weighted by Crippen LogP contribution is 2.42. The number of aromatic nitrogens is 4. The second-order valence-corrected chi connectivity index (χ2v) is 14.3. The predicted octanol–water partition coefficient (Wildman–Crippen LogP) is 5.23. The van der Waals surface area contributed by atoms with Gasteiger partial charge in [0.1, 0.15) is 6.33 Å². The molecule has 0 unspecified atom stereocenters. The number of hydrogen-bond donors (Lipinski definition) is 0. The van der Waals surface area contributed by atoms with Crippen LogP contribution in [0, 0.1) is 5.41 Å². The van der Waals surface area contributed by atoms with Gasteiger partial charge in [-0.05, 0) is 74.6 Å². The van der Waals surface area contributed by atoms with Crippen LogP contribution in [0.4, 0.5) is 5.69 Å². The molecule has 4 aliphatic heterocycles. The summed E-state index contributed by atoms with van der Waals surface area (Å²) in [4.78, 5) is 34.1. The van der Waals surface area contributed by atoms with E-state index in [9.17, 15) is 4.79 Å². The maximum absolute atomic E-state index is 13.4. The van der Waals surface area contributed by atoms with Gasteiger partial charge in [0.15, 0.2) is 5.82 Å². The number of carbonyl (C=O) groups is 1. The third-order valence-electron chi connectivity index (χ3n) is 10.5. The van der Waals surface area contributed by atoms with Crippen molar-refractivity contribution in [1.29, 1.82) is 0 Å². The summed E-state index contributed by atoms with van der Waals surface area (Å²) in [5.41, 5.74) is 9.50. The topological polar surface area (TPSA) is 92.0 Å². The Balaban J connectivity index is 0.855. The summed E-state index contributed by atoms with van der Waals surface area (Å²) in [6, 6.07) is 19.2. The van der Waals surface area contributed by atoms with Crippen LogP contribution in [0.15, 0.2) is 78.2 Å². The Kier molecular flexibility index (Phi) is 8.27. The number of amides is 1. The average Bonchev–Trinajstić information content (AvgIpc) is 3.92. The van der Waals surface area contributed by atoms with Crippen molar-refractivity contribution in [3.05, 3.63) is 95.5 Å². The molecule has 2 aromatic carbocycles. The number of hydrogen-bond acceptors (Lipinski definition) is 8. The van der Waals surface area contributed by atoms with E-state index in [0.717, 1.165) is 74.6 Å². The van der Waals surface area contributed by atoms with Crippen molar-refractivity contribution in [2.24, 2.45) is 17.5 Å². The third-order valence-corrected chi connectivity index (χ3v) is 10.5. The summed E-state index contributed by atoms with van der Waals surface area (Å²) in [6.07, 6.45) is 9.06. The quantitative estimate of drug-likeness (QED) is 0.257. The second-order valence-electron chi connectivity index (χ2n) is 14.3. The van der Waals surface area contributed by atoms with E-state index in [2.05, 4.69) is 79.5 Å². The van der Waals surface area contributed by atoms with Crippen LogP contribution in [0.2, 0.25) is 0 Å². The number of pyridine rings is 1. The van der Waals surface area contributed by atoms with Crippen LogP contribution in [0.25, 0.3) is 17.0 Å². The summed E-state index contributed by atoms with van der Waals surface area (Å²) < 4.78 is 7.45. The fraction of sp³-hybridized carbons (Fsp3) is 0.410. The molecule has 2 fully saturated rings. The first-order chi connectivity index (χ1) is 23.8. The first-order valence-corrected chi connectivity index (χ1v) is 17.5. The van der Waals surface area contributed by atoms with Gasteiger partial charge in [-0.15, -0.1) is 0 Å². The lowest BCUT2D eigenvalue weighted by molar-refractivity contribution is -0.131. The molecule has 2 saturated heterocycles. The smallest absolute Gasteiger partial charge is 0.237 e. The molecule has 10 nitrogen and oxygen atoms in total. The van der Waals surface area contributed by atoms with Crippen molar-refractivity contribution in [3.63, 3.8) is 0 Å². The van der Waals surface area contributed by atoms with E-state index >= 15 is 0 Å². The van der Waals surface area contributed by atoms with E-state index in [1.807, 2.05) is 38.1 Å². The third kappa shape index (κ3) is 6.49. The molecule has 0 saturated carbocycles. The molecule has 0 bridgehead atoms. The number of rotatable bonds is 8. The molecule has 0 radical (unpaired) electrons. The van der Waals surface area contributed by atoms with Crippen molar-refractivity contribution >= 4 is 22.9 Å². The van der Waals surface area contributed by atoms with Gasteiger partial charge in [-0.25, -0.2) is 9.97 Å². The SMILES string of the molecule is CC(C)Oc1ccc(C2=NCc3ccc(N4CC[C@@]5(CCN(CC(=O)N6CC=C(c7ccc(-c8ncn(C)n8)cc7)CC6)C5)C4)cc32)cn1. The van der Waals surface area contributed by atoms with Gasteiger partial charge in [-0.3, -0.25) is 19.4 Å². The first kappa shape index (κ1) is 31.4. The summed E-state index contributed by atoms with van der Waals surface area (Å²) >= 11 is 0. The molecule has 4 aliphatic rings. The molecule has 252 valence electrons. The van der Waals surface area contributed by atoms with Crippen molar-refractivity contribution < 1.29 is 9.53 Å². The van der Waals surface area contributed by atoms with Gasteiger partial charge in [-0.2, -0.15) is 5.10 Å². The fourth-order valence-corrected chi connectivity index (χ4v) is 7.85. The van der Waals surface area contributed by atoms with Crippen LogP contribution < -0.4 is 9.64 Å². The number of nitrogens with zero attached hydrogens (tertiary/aromatic N) is 8. The van der Waals surface area contributed by atoms with Crippen LogP contribution >= 0.6 is 0 Å². The van der Waals surface area contributed by atoms with E-state index in [0.29, 0.717) is 25.5 Å². The Labute approximate surface area is 288 Å². The number of aryl methyl sites for hydroxylation is 1. The highest BCUT2D eigenvalue weighted by molar-refractivity contribution is 6.15. The lowest BCUT2D eigenvalue weighted by atomic mass is 9.86. The number of benzene rings is 2. The average molecular weight is 657 g/mol. The molecule has 2 aromatic heterocycles. The van der Waals surface area contributed by atoms with Crippen LogP contribution in [0.5, 0.6) is 5.88 Å². The minimum atomic E-state index is 0.0925. The first-order valence-electron chi connectivity index (χ1n) is 17.5. The van der Waals surface area contributed by atoms with Gasteiger partial charge in [-0.1, -0.05) is 36.4 Å². The molecule has 0 aliphatic carbocycles. The minimum Gasteiger partial charge on any atom is -0.475 e. The highest BCUT2D eigenvalue weighted by atomic mass is 16.5. The minimum absolute atomic E-state index is 0.0925. The van der Waals surface area contributed by atoms with Crippen LogP contribution in [-0.4, -0.2) is 93.1 Å².